The van der Waals surface area contributed by atoms with Crippen LogP contribution in [0.4, 0.5) is 0 Å². The zero-order valence-corrected chi connectivity index (χ0v) is 12.6. The number of hydrogen-bond acceptors (Lipinski definition) is 2. The Morgan fingerprint density at radius 2 is 2.06 bits per heavy atom. The number of nitrogens with zero attached hydrogens (tertiary/aromatic N) is 2. The summed E-state index contributed by atoms with van der Waals surface area (Å²) in [7, 11) is 2.06. The van der Waals surface area contributed by atoms with E-state index in [2.05, 4.69) is 57.4 Å². The molecule has 0 radical (unpaired) electrons. The maximum Gasteiger partial charge on any atom is 0.0640 e. The van der Waals surface area contributed by atoms with Crippen LogP contribution in [0, 0.1) is 5.92 Å². The molecular weight excluding hydrogens is 222 g/mol. The predicted molar refractivity (Wildman–Crippen MR) is 77.9 cm³/mol. The fourth-order valence-corrected chi connectivity index (χ4v) is 2.31. The Morgan fingerprint density at radius 3 is 2.56 bits per heavy atom. The first-order valence-corrected chi connectivity index (χ1v) is 7.29. The Balaban J connectivity index is 2.55. The molecule has 1 heterocycles. The highest BCUT2D eigenvalue weighted by molar-refractivity contribution is 5.02. The van der Waals surface area contributed by atoms with Crippen LogP contribution in [-0.4, -0.2) is 22.9 Å². The number of unbranched alkanes of at least 4 members (excludes halogenated alkanes) is 1. The molecule has 1 aromatic rings. The van der Waals surface area contributed by atoms with Crippen LogP contribution < -0.4 is 5.32 Å². The van der Waals surface area contributed by atoms with E-state index in [0.717, 1.165) is 6.42 Å². The van der Waals surface area contributed by atoms with Crippen LogP contribution in [0.15, 0.2) is 12.3 Å². The molecule has 0 fully saturated rings. The van der Waals surface area contributed by atoms with Crippen molar-refractivity contribution in [3.05, 3.63) is 18.0 Å². The van der Waals surface area contributed by atoms with E-state index in [0.29, 0.717) is 18.0 Å². The molecule has 1 N–H and O–H groups in total. The van der Waals surface area contributed by atoms with Gasteiger partial charge in [-0.15, -0.1) is 0 Å². The molecule has 2 unspecified atom stereocenters. The van der Waals surface area contributed by atoms with Gasteiger partial charge < -0.3 is 5.32 Å². The van der Waals surface area contributed by atoms with Gasteiger partial charge in [0.2, 0.25) is 0 Å². The minimum Gasteiger partial charge on any atom is -0.316 e. The second kappa shape index (κ2) is 7.57. The summed E-state index contributed by atoms with van der Waals surface area (Å²) in [6, 6.07) is 3.13. The molecule has 2 atom stereocenters. The van der Waals surface area contributed by atoms with Gasteiger partial charge in [0.25, 0.3) is 0 Å². The normalized spacial score (nSPS) is 15.0. The van der Waals surface area contributed by atoms with Gasteiger partial charge in [-0.05, 0) is 39.3 Å². The Kier molecular flexibility index (Phi) is 6.41. The zero-order valence-electron chi connectivity index (χ0n) is 12.6. The van der Waals surface area contributed by atoms with Gasteiger partial charge in [0.15, 0.2) is 0 Å². The van der Waals surface area contributed by atoms with E-state index >= 15 is 0 Å². The first-order chi connectivity index (χ1) is 8.58. The van der Waals surface area contributed by atoms with Crippen LogP contribution in [0.2, 0.25) is 0 Å². The van der Waals surface area contributed by atoms with Crippen molar-refractivity contribution in [3.63, 3.8) is 0 Å². The average Bonchev–Trinajstić information content (AvgIpc) is 2.81. The number of likely N-dealkylation sites (N-methyl/N-ethyl adjacent to an activating group) is 1. The number of aromatic nitrogens is 2. The third-order valence-corrected chi connectivity index (χ3v) is 3.69. The topological polar surface area (TPSA) is 29.9 Å². The lowest BCUT2D eigenvalue weighted by atomic mass is 9.92. The van der Waals surface area contributed by atoms with Crippen molar-refractivity contribution in [3.8, 4) is 0 Å². The van der Waals surface area contributed by atoms with Gasteiger partial charge in [-0.25, -0.2) is 0 Å². The Hall–Kier alpha value is -0.830. The molecule has 0 aromatic carbocycles. The molecule has 0 spiro atoms. The monoisotopic (exact) mass is 251 g/mol. The number of hydrogen-bond donors (Lipinski definition) is 1. The summed E-state index contributed by atoms with van der Waals surface area (Å²) >= 11 is 0. The summed E-state index contributed by atoms with van der Waals surface area (Å²) in [5.41, 5.74) is 1.20. The summed E-state index contributed by atoms with van der Waals surface area (Å²) < 4.78 is 2.04. The van der Waals surface area contributed by atoms with Crippen LogP contribution in [0.25, 0.3) is 0 Å². The SMILES string of the molecule is CCCCC(C)C(Cc1ccn(C(C)C)n1)NC. The highest BCUT2D eigenvalue weighted by Gasteiger charge is 2.16. The standard InChI is InChI=1S/C15H29N3/c1-6-7-8-13(4)15(16-5)11-14-9-10-18(17-14)12(2)3/h9-10,12-13,15-16H,6-8,11H2,1-5H3. The van der Waals surface area contributed by atoms with Crippen molar-refractivity contribution < 1.29 is 0 Å². The summed E-state index contributed by atoms with van der Waals surface area (Å²) in [6.45, 7) is 8.92. The highest BCUT2D eigenvalue weighted by Crippen LogP contribution is 2.16. The molecule has 0 aliphatic carbocycles. The van der Waals surface area contributed by atoms with E-state index in [4.69, 9.17) is 0 Å². The molecular formula is C15H29N3. The summed E-state index contributed by atoms with van der Waals surface area (Å²) in [4.78, 5) is 0. The van der Waals surface area contributed by atoms with Gasteiger partial charge in [-0.1, -0.05) is 26.7 Å². The molecule has 0 amide bonds. The first-order valence-electron chi connectivity index (χ1n) is 7.29. The van der Waals surface area contributed by atoms with Crippen LogP contribution in [0.1, 0.15) is 58.7 Å². The zero-order chi connectivity index (χ0) is 13.5. The van der Waals surface area contributed by atoms with E-state index in [1.807, 2.05) is 4.68 Å². The molecule has 1 rings (SSSR count). The van der Waals surface area contributed by atoms with E-state index in [-0.39, 0.29) is 0 Å². The van der Waals surface area contributed by atoms with E-state index in [1.165, 1.54) is 25.0 Å². The quantitative estimate of drug-likeness (QED) is 0.767. The van der Waals surface area contributed by atoms with Crippen LogP contribution in [0.3, 0.4) is 0 Å². The van der Waals surface area contributed by atoms with Crippen molar-refractivity contribution in [2.75, 3.05) is 7.05 Å². The smallest absolute Gasteiger partial charge is 0.0640 e. The fourth-order valence-electron chi connectivity index (χ4n) is 2.31. The molecule has 1 aromatic heterocycles. The highest BCUT2D eigenvalue weighted by atomic mass is 15.3. The maximum absolute atomic E-state index is 4.64. The van der Waals surface area contributed by atoms with Crippen molar-refractivity contribution in [1.82, 2.24) is 15.1 Å². The molecule has 0 saturated heterocycles. The van der Waals surface area contributed by atoms with Gasteiger partial charge in [0, 0.05) is 24.7 Å². The maximum atomic E-state index is 4.64. The fraction of sp³-hybridized carbons (Fsp3) is 0.800. The molecule has 104 valence electrons. The molecule has 0 saturated carbocycles. The van der Waals surface area contributed by atoms with Gasteiger partial charge >= 0.3 is 0 Å². The van der Waals surface area contributed by atoms with Gasteiger partial charge in [-0.3, -0.25) is 4.68 Å². The van der Waals surface area contributed by atoms with E-state index < -0.39 is 0 Å². The lowest BCUT2D eigenvalue weighted by Crippen LogP contribution is -2.34. The summed E-state index contributed by atoms with van der Waals surface area (Å²) in [6.07, 6.45) is 7.01. The van der Waals surface area contributed by atoms with Crippen molar-refractivity contribution in [2.24, 2.45) is 5.92 Å². The van der Waals surface area contributed by atoms with Crippen molar-refractivity contribution >= 4 is 0 Å². The second-order valence-electron chi connectivity index (χ2n) is 5.60. The molecule has 3 heteroatoms. The molecule has 3 nitrogen and oxygen atoms in total. The molecule has 0 aliphatic heterocycles. The van der Waals surface area contributed by atoms with E-state index in [9.17, 15) is 0 Å². The number of rotatable bonds is 8. The van der Waals surface area contributed by atoms with Crippen LogP contribution in [0.5, 0.6) is 0 Å². The third-order valence-electron chi connectivity index (χ3n) is 3.69. The van der Waals surface area contributed by atoms with Crippen molar-refractivity contribution in [2.45, 2.75) is 65.5 Å². The summed E-state index contributed by atoms with van der Waals surface area (Å²) in [5, 5.41) is 8.09. The van der Waals surface area contributed by atoms with Gasteiger partial charge in [-0.2, -0.15) is 5.10 Å². The molecule has 18 heavy (non-hydrogen) atoms. The Bertz CT molecular complexity index is 330. The second-order valence-corrected chi connectivity index (χ2v) is 5.60. The van der Waals surface area contributed by atoms with Crippen LogP contribution in [-0.2, 0) is 6.42 Å². The van der Waals surface area contributed by atoms with Gasteiger partial charge in [0.05, 0.1) is 5.69 Å². The molecule has 0 bridgehead atoms. The van der Waals surface area contributed by atoms with E-state index in [1.54, 1.807) is 0 Å². The minimum atomic E-state index is 0.448. The van der Waals surface area contributed by atoms with Gasteiger partial charge in [0.1, 0.15) is 0 Å². The molecule has 0 aliphatic rings. The lowest BCUT2D eigenvalue weighted by Gasteiger charge is -2.22. The average molecular weight is 251 g/mol. The van der Waals surface area contributed by atoms with Crippen molar-refractivity contribution in [1.29, 1.82) is 0 Å². The predicted octanol–water partition coefficient (Wildman–Crippen LogP) is 3.42. The lowest BCUT2D eigenvalue weighted by molar-refractivity contribution is 0.361. The third kappa shape index (κ3) is 4.45. The first kappa shape index (κ1) is 15.2. The number of nitrogens with one attached hydrogen (secondary N) is 1. The largest absolute Gasteiger partial charge is 0.316 e. The minimum absolute atomic E-state index is 0.448. The van der Waals surface area contributed by atoms with Crippen LogP contribution >= 0.6 is 0 Å². The summed E-state index contributed by atoms with van der Waals surface area (Å²) in [5.74, 6) is 0.708. The Labute approximate surface area is 112 Å². The Morgan fingerprint density at radius 1 is 1.33 bits per heavy atom.